The Kier molecular flexibility index (Phi) is 7.19. The topological polar surface area (TPSA) is 98.3 Å². The van der Waals surface area contributed by atoms with Crippen molar-refractivity contribution < 1.29 is 14.3 Å². The van der Waals surface area contributed by atoms with Crippen LogP contribution in [0.5, 0.6) is 0 Å². The summed E-state index contributed by atoms with van der Waals surface area (Å²) in [5, 5.41) is 9.16. The molecule has 7 heteroatoms. The number of alkyl carbamates (subject to hydrolysis) is 1. The number of hydrogen-bond acceptors (Lipinski definition) is 5. The van der Waals surface area contributed by atoms with E-state index in [0.717, 1.165) is 0 Å². The SMILES string of the molecule is CC(C)(C)OC(=O)NCCOCCN=NN. The Morgan fingerprint density at radius 3 is 2.62 bits per heavy atom. The molecule has 0 spiro atoms. The van der Waals surface area contributed by atoms with Gasteiger partial charge in [0.15, 0.2) is 0 Å². The summed E-state index contributed by atoms with van der Waals surface area (Å²) in [6.07, 6.45) is -0.447. The highest BCUT2D eigenvalue weighted by molar-refractivity contribution is 5.67. The Morgan fingerprint density at radius 1 is 1.38 bits per heavy atom. The first-order chi connectivity index (χ1) is 7.45. The molecule has 0 saturated carbocycles. The lowest BCUT2D eigenvalue weighted by Gasteiger charge is -2.19. The molecule has 0 unspecified atom stereocenters. The van der Waals surface area contributed by atoms with Crippen LogP contribution >= 0.6 is 0 Å². The number of hydrogen-bond donors (Lipinski definition) is 2. The lowest BCUT2D eigenvalue weighted by molar-refractivity contribution is 0.0501. The third-order valence-corrected chi connectivity index (χ3v) is 1.33. The minimum Gasteiger partial charge on any atom is -0.444 e. The minimum atomic E-state index is -0.480. The predicted molar refractivity (Wildman–Crippen MR) is 59.0 cm³/mol. The third kappa shape index (κ3) is 10.7. The molecule has 0 aromatic carbocycles. The van der Waals surface area contributed by atoms with E-state index in [1.807, 2.05) is 0 Å². The number of nitrogens with two attached hydrogens (primary N) is 1. The van der Waals surface area contributed by atoms with E-state index in [9.17, 15) is 4.79 Å². The molecule has 0 heterocycles. The van der Waals surface area contributed by atoms with E-state index in [0.29, 0.717) is 26.3 Å². The van der Waals surface area contributed by atoms with Crippen molar-refractivity contribution in [2.24, 2.45) is 16.2 Å². The lowest BCUT2D eigenvalue weighted by Crippen LogP contribution is -2.34. The first-order valence-electron chi connectivity index (χ1n) is 5.07. The summed E-state index contributed by atoms with van der Waals surface area (Å²) in [7, 11) is 0. The summed E-state index contributed by atoms with van der Waals surface area (Å²) in [4.78, 5) is 11.2. The number of nitrogens with zero attached hydrogens (tertiary/aromatic N) is 2. The van der Waals surface area contributed by atoms with Gasteiger partial charge in [0.05, 0.1) is 19.8 Å². The van der Waals surface area contributed by atoms with Crippen LogP contribution in [0.4, 0.5) is 4.79 Å². The Morgan fingerprint density at radius 2 is 2.06 bits per heavy atom. The predicted octanol–water partition coefficient (Wildman–Crippen LogP) is 0.854. The number of nitrogens with one attached hydrogen (secondary N) is 1. The van der Waals surface area contributed by atoms with E-state index < -0.39 is 11.7 Å². The molecule has 3 N–H and O–H groups in total. The summed E-state index contributed by atoms with van der Waals surface area (Å²) in [6, 6.07) is 0. The van der Waals surface area contributed by atoms with E-state index >= 15 is 0 Å². The first kappa shape index (κ1) is 14.6. The maximum absolute atomic E-state index is 11.2. The fourth-order valence-corrected chi connectivity index (χ4v) is 0.805. The van der Waals surface area contributed by atoms with Crippen molar-refractivity contribution in [3.63, 3.8) is 0 Å². The Balaban J connectivity index is 3.35. The third-order valence-electron chi connectivity index (χ3n) is 1.33. The van der Waals surface area contributed by atoms with Crippen LogP contribution in [0.25, 0.3) is 0 Å². The average molecular weight is 232 g/mol. The molecule has 0 atom stereocenters. The number of amides is 1. The minimum absolute atomic E-state index is 0.398. The molecule has 0 aliphatic rings. The monoisotopic (exact) mass is 232 g/mol. The van der Waals surface area contributed by atoms with E-state index in [1.165, 1.54) is 0 Å². The molecule has 0 saturated heterocycles. The highest BCUT2D eigenvalue weighted by Crippen LogP contribution is 2.05. The molecule has 16 heavy (non-hydrogen) atoms. The molecule has 0 rings (SSSR count). The molecule has 0 aromatic rings. The molecule has 7 nitrogen and oxygen atoms in total. The molecule has 94 valence electrons. The smallest absolute Gasteiger partial charge is 0.407 e. The van der Waals surface area contributed by atoms with Gasteiger partial charge >= 0.3 is 6.09 Å². The van der Waals surface area contributed by atoms with Crippen LogP contribution in [0, 0.1) is 0 Å². The van der Waals surface area contributed by atoms with Crippen LogP contribution in [0.15, 0.2) is 10.3 Å². The van der Waals surface area contributed by atoms with Gasteiger partial charge in [0.2, 0.25) is 0 Å². The molecule has 1 amide bonds. The maximum atomic E-state index is 11.2. The Hall–Kier alpha value is -1.37. The zero-order chi connectivity index (χ0) is 12.4. The van der Waals surface area contributed by atoms with E-state index in [2.05, 4.69) is 15.7 Å². The van der Waals surface area contributed by atoms with Crippen molar-refractivity contribution in [3.8, 4) is 0 Å². The average Bonchev–Trinajstić information content (AvgIpc) is 2.13. The van der Waals surface area contributed by atoms with Crippen molar-refractivity contribution in [1.29, 1.82) is 0 Å². The highest BCUT2D eigenvalue weighted by atomic mass is 16.6. The fourth-order valence-electron chi connectivity index (χ4n) is 0.805. The highest BCUT2D eigenvalue weighted by Gasteiger charge is 2.15. The van der Waals surface area contributed by atoms with Gasteiger partial charge in [-0.1, -0.05) is 5.22 Å². The molecule has 0 radical (unpaired) electrons. The molecule has 0 fully saturated rings. The zero-order valence-corrected chi connectivity index (χ0v) is 10.0. The van der Waals surface area contributed by atoms with E-state index in [4.69, 9.17) is 15.3 Å². The van der Waals surface area contributed by atoms with Crippen LogP contribution in [-0.4, -0.2) is 38.0 Å². The van der Waals surface area contributed by atoms with Crippen molar-refractivity contribution in [2.45, 2.75) is 26.4 Å². The normalized spacial score (nSPS) is 11.7. The van der Waals surface area contributed by atoms with Crippen LogP contribution in [-0.2, 0) is 9.47 Å². The van der Waals surface area contributed by atoms with Gasteiger partial charge in [0, 0.05) is 6.54 Å². The second kappa shape index (κ2) is 7.86. The van der Waals surface area contributed by atoms with Gasteiger partial charge in [0.25, 0.3) is 0 Å². The van der Waals surface area contributed by atoms with Crippen LogP contribution in [0.1, 0.15) is 20.8 Å². The summed E-state index contributed by atoms with van der Waals surface area (Å²) >= 11 is 0. The van der Waals surface area contributed by atoms with E-state index in [1.54, 1.807) is 20.8 Å². The van der Waals surface area contributed by atoms with Gasteiger partial charge < -0.3 is 20.6 Å². The van der Waals surface area contributed by atoms with Crippen LogP contribution in [0.2, 0.25) is 0 Å². The maximum Gasteiger partial charge on any atom is 0.407 e. The molecule has 0 aliphatic heterocycles. The van der Waals surface area contributed by atoms with Crippen molar-refractivity contribution in [1.82, 2.24) is 5.32 Å². The summed E-state index contributed by atoms with van der Waals surface area (Å²) in [5.41, 5.74) is -0.480. The Labute approximate surface area is 95.4 Å². The van der Waals surface area contributed by atoms with E-state index in [-0.39, 0.29) is 0 Å². The number of carbonyl (C=O) groups excluding carboxylic acids is 1. The molecule has 0 aliphatic carbocycles. The fraction of sp³-hybridized carbons (Fsp3) is 0.889. The van der Waals surface area contributed by atoms with Crippen LogP contribution in [0.3, 0.4) is 0 Å². The number of rotatable bonds is 6. The second-order valence-corrected chi connectivity index (χ2v) is 4.02. The number of ether oxygens (including phenoxy) is 2. The quantitative estimate of drug-likeness (QED) is 0.307. The van der Waals surface area contributed by atoms with Crippen molar-refractivity contribution >= 4 is 6.09 Å². The standard InChI is InChI=1S/C9H20N4O3/c1-9(2,3)16-8(14)11-4-6-15-7-5-12-13-10/h4-7H2,1-3H3,(H2,10,12)(H,11,14). The van der Waals surface area contributed by atoms with Crippen LogP contribution < -0.4 is 11.2 Å². The zero-order valence-electron chi connectivity index (χ0n) is 10.0. The summed E-state index contributed by atoms with van der Waals surface area (Å²) in [6.45, 7) is 7.07. The van der Waals surface area contributed by atoms with Gasteiger partial charge in [0.1, 0.15) is 5.60 Å². The van der Waals surface area contributed by atoms with Crippen molar-refractivity contribution in [2.75, 3.05) is 26.3 Å². The first-order valence-corrected chi connectivity index (χ1v) is 5.07. The van der Waals surface area contributed by atoms with Gasteiger partial charge in [-0.3, -0.25) is 0 Å². The summed E-state index contributed by atoms with van der Waals surface area (Å²) in [5.74, 6) is 4.80. The number of carbonyl (C=O) groups is 1. The molecular weight excluding hydrogens is 212 g/mol. The lowest BCUT2D eigenvalue weighted by atomic mass is 10.2. The van der Waals surface area contributed by atoms with Gasteiger partial charge in [-0.2, -0.15) is 5.11 Å². The van der Waals surface area contributed by atoms with Gasteiger partial charge in [-0.25, -0.2) is 4.79 Å². The molecule has 0 aromatic heterocycles. The Bertz CT molecular complexity index is 225. The summed E-state index contributed by atoms with van der Waals surface area (Å²) < 4.78 is 10.2. The van der Waals surface area contributed by atoms with Crippen molar-refractivity contribution in [3.05, 3.63) is 0 Å². The molecule has 0 bridgehead atoms. The largest absolute Gasteiger partial charge is 0.444 e. The molecular formula is C9H20N4O3. The van der Waals surface area contributed by atoms with Gasteiger partial charge in [-0.15, -0.1) is 0 Å². The van der Waals surface area contributed by atoms with Gasteiger partial charge in [-0.05, 0) is 20.8 Å². The second-order valence-electron chi connectivity index (χ2n) is 4.02.